The molecule has 5 aliphatic rings. The number of hydrogen-bond donors (Lipinski definition) is 1. The highest BCUT2D eigenvalue weighted by molar-refractivity contribution is 5.82. The SMILES string of the molecule is CC(=O)C1C(c2ccc(=O)oc2)C2(C)CCC3C(CCC4CC(O)CCC43C)C23OC13. The smallest absolute Gasteiger partial charge is 0.335 e. The number of aliphatic hydroxyl groups is 1. The summed E-state index contributed by atoms with van der Waals surface area (Å²) < 4.78 is 11.9. The molecule has 5 nitrogen and oxygen atoms in total. The van der Waals surface area contributed by atoms with Gasteiger partial charge in [0, 0.05) is 17.4 Å². The second kappa shape index (κ2) is 6.32. The predicted octanol–water partition coefficient (Wildman–Crippen LogP) is 4.07. The van der Waals surface area contributed by atoms with Gasteiger partial charge in [0.1, 0.15) is 11.4 Å². The van der Waals surface area contributed by atoms with Gasteiger partial charge in [0.25, 0.3) is 0 Å². The van der Waals surface area contributed by atoms with Crippen molar-refractivity contribution in [1.29, 1.82) is 0 Å². The van der Waals surface area contributed by atoms with Crippen molar-refractivity contribution < 1.29 is 19.1 Å². The molecule has 0 radical (unpaired) electrons. The van der Waals surface area contributed by atoms with Gasteiger partial charge in [-0.15, -0.1) is 0 Å². The van der Waals surface area contributed by atoms with Crippen molar-refractivity contribution >= 4 is 5.78 Å². The number of fused-ring (bicyclic) bond motifs is 3. The highest BCUT2D eigenvalue weighted by Crippen LogP contribution is 2.79. The van der Waals surface area contributed by atoms with E-state index in [4.69, 9.17) is 9.15 Å². The Balaban J connectivity index is 1.42. The third-order valence-corrected chi connectivity index (χ3v) is 10.7. The number of carbonyl (C=O) groups is 1. The molecule has 1 saturated heterocycles. The Bertz CT molecular complexity index is 964. The van der Waals surface area contributed by atoms with Gasteiger partial charge < -0.3 is 14.3 Å². The summed E-state index contributed by atoms with van der Waals surface area (Å²) in [6.45, 7) is 6.50. The van der Waals surface area contributed by atoms with Crippen molar-refractivity contribution in [2.45, 2.75) is 89.4 Å². The molecule has 31 heavy (non-hydrogen) atoms. The van der Waals surface area contributed by atoms with Crippen LogP contribution in [-0.4, -0.2) is 28.7 Å². The molecule has 1 aliphatic heterocycles. The maximum Gasteiger partial charge on any atom is 0.335 e. The zero-order valence-electron chi connectivity index (χ0n) is 18.8. The summed E-state index contributed by atoms with van der Waals surface area (Å²) in [6.07, 6.45) is 8.83. The Kier molecular flexibility index (Phi) is 4.11. The molecule has 5 heteroatoms. The van der Waals surface area contributed by atoms with Crippen LogP contribution < -0.4 is 5.63 Å². The van der Waals surface area contributed by atoms with E-state index in [-0.39, 0.29) is 51.9 Å². The molecular formula is C26H34O5. The Hall–Kier alpha value is -1.46. The first-order valence-corrected chi connectivity index (χ1v) is 12.2. The van der Waals surface area contributed by atoms with Crippen LogP contribution in [-0.2, 0) is 9.53 Å². The molecule has 5 fully saturated rings. The standard InChI is InChI=1S/C26H34O5/c1-14(27)21-22(15-4-7-20(29)30-13-15)25(3)11-9-18-19(26(25)23(21)31-26)6-5-16-12-17(28)8-10-24(16,18)2/h4,7,13,16-19,21-23,28H,5-6,8-12H2,1-3H3. The summed E-state index contributed by atoms with van der Waals surface area (Å²) in [5, 5.41) is 10.3. The quantitative estimate of drug-likeness (QED) is 0.721. The van der Waals surface area contributed by atoms with Crippen LogP contribution in [0.5, 0.6) is 0 Å². The molecule has 2 heterocycles. The zero-order valence-corrected chi connectivity index (χ0v) is 18.8. The van der Waals surface area contributed by atoms with Crippen LogP contribution in [0, 0.1) is 34.5 Å². The molecule has 4 aliphatic carbocycles. The Morgan fingerprint density at radius 1 is 1.10 bits per heavy atom. The third kappa shape index (κ3) is 2.40. The summed E-state index contributed by atoms with van der Waals surface area (Å²) >= 11 is 0. The molecule has 10 unspecified atom stereocenters. The molecular weight excluding hydrogens is 392 g/mol. The van der Waals surface area contributed by atoms with Crippen LogP contribution in [0.15, 0.2) is 27.6 Å². The van der Waals surface area contributed by atoms with Gasteiger partial charge in [-0.25, -0.2) is 4.79 Å². The van der Waals surface area contributed by atoms with Crippen molar-refractivity contribution in [3.8, 4) is 0 Å². The van der Waals surface area contributed by atoms with Crippen LogP contribution in [0.25, 0.3) is 0 Å². The second-order valence-corrected chi connectivity index (χ2v) is 11.7. The molecule has 1 spiro atoms. The number of epoxide rings is 1. The van der Waals surface area contributed by atoms with Gasteiger partial charge in [-0.2, -0.15) is 0 Å². The number of aliphatic hydroxyl groups excluding tert-OH is 1. The van der Waals surface area contributed by atoms with Gasteiger partial charge >= 0.3 is 5.63 Å². The maximum atomic E-state index is 12.9. The lowest BCUT2D eigenvalue weighted by molar-refractivity contribution is -0.143. The molecule has 1 aromatic rings. The zero-order chi connectivity index (χ0) is 21.8. The first-order valence-electron chi connectivity index (χ1n) is 12.2. The summed E-state index contributed by atoms with van der Waals surface area (Å²) in [7, 11) is 0. The van der Waals surface area contributed by atoms with E-state index in [2.05, 4.69) is 13.8 Å². The molecule has 6 rings (SSSR count). The fourth-order valence-corrected chi connectivity index (χ4v) is 9.31. The van der Waals surface area contributed by atoms with E-state index in [1.54, 1.807) is 13.2 Å². The highest BCUT2D eigenvalue weighted by atomic mass is 16.6. The minimum absolute atomic E-state index is 0.0194. The van der Waals surface area contributed by atoms with Crippen molar-refractivity contribution in [1.82, 2.24) is 0 Å². The number of rotatable bonds is 2. The van der Waals surface area contributed by atoms with Crippen molar-refractivity contribution in [3.05, 3.63) is 34.4 Å². The lowest BCUT2D eigenvalue weighted by Crippen LogP contribution is -2.58. The van der Waals surface area contributed by atoms with Crippen LogP contribution in [0.3, 0.4) is 0 Å². The van der Waals surface area contributed by atoms with E-state index < -0.39 is 0 Å². The fraction of sp³-hybridized carbons (Fsp3) is 0.769. The molecule has 4 saturated carbocycles. The average molecular weight is 427 g/mol. The van der Waals surface area contributed by atoms with Gasteiger partial charge in [-0.1, -0.05) is 13.8 Å². The van der Waals surface area contributed by atoms with E-state index in [0.717, 1.165) is 50.5 Å². The molecule has 0 amide bonds. The van der Waals surface area contributed by atoms with Crippen LogP contribution in [0.4, 0.5) is 0 Å². The van der Waals surface area contributed by atoms with E-state index in [1.165, 1.54) is 6.07 Å². The lowest BCUT2D eigenvalue weighted by Gasteiger charge is -2.61. The average Bonchev–Trinajstić information content (AvgIpc) is 3.41. The summed E-state index contributed by atoms with van der Waals surface area (Å²) in [6, 6.07) is 3.35. The molecule has 10 atom stereocenters. The normalized spacial score (nSPS) is 52.5. The van der Waals surface area contributed by atoms with Crippen LogP contribution >= 0.6 is 0 Å². The summed E-state index contributed by atoms with van der Waals surface area (Å²) in [4.78, 5) is 24.5. The van der Waals surface area contributed by atoms with E-state index in [1.807, 2.05) is 6.07 Å². The minimum atomic E-state index is -0.350. The Morgan fingerprint density at radius 2 is 1.90 bits per heavy atom. The molecule has 1 aromatic heterocycles. The molecule has 0 aromatic carbocycles. The van der Waals surface area contributed by atoms with Gasteiger partial charge in [0.15, 0.2) is 0 Å². The fourth-order valence-electron chi connectivity index (χ4n) is 9.31. The predicted molar refractivity (Wildman–Crippen MR) is 115 cm³/mol. The third-order valence-electron chi connectivity index (χ3n) is 10.7. The van der Waals surface area contributed by atoms with Crippen molar-refractivity contribution in [2.75, 3.05) is 0 Å². The van der Waals surface area contributed by atoms with Gasteiger partial charge in [0.2, 0.25) is 0 Å². The number of hydrogen-bond acceptors (Lipinski definition) is 5. The molecule has 1 N–H and O–H groups in total. The summed E-state index contributed by atoms with van der Waals surface area (Å²) in [5.74, 6) is 1.71. The van der Waals surface area contributed by atoms with Crippen LogP contribution in [0.1, 0.15) is 77.2 Å². The number of Topliss-reactive ketones (excluding diaryl/α,β-unsaturated/α-hetero) is 1. The first-order chi connectivity index (χ1) is 14.7. The number of ketones is 1. The Labute approximate surface area is 183 Å². The van der Waals surface area contributed by atoms with E-state index in [9.17, 15) is 14.7 Å². The summed E-state index contributed by atoms with van der Waals surface area (Å²) in [5.41, 5.74) is 0.509. The van der Waals surface area contributed by atoms with Gasteiger partial charge in [-0.3, -0.25) is 4.79 Å². The van der Waals surface area contributed by atoms with Crippen molar-refractivity contribution in [3.63, 3.8) is 0 Å². The minimum Gasteiger partial charge on any atom is -0.431 e. The lowest BCUT2D eigenvalue weighted by atomic mass is 9.44. The van der Waals surface area contributed by atoms with Crippen molar-refractivity contribution in [2.24, 2.45) is 34.5 Å². The maximum absolute atomic E-state index is 12.9. The largest absolute Gasteiger partial charge is 0.431 e. The monoisotopic (exact) mass is 426 g/mol. The highest BCUT2D eigenvalue weighted by Gasteiger charge is 2.84. The van der Waals surface area contributed by atoms with E-state index in [0.29, 0.717) is 17.8 Å². The molecule has 168 valence electrons. The topological polar surface area (TPSA) is 80.0 Å². The number of ether oxygens (including phenoxy) is 1. The molecule has 0 bridgehead atoms. The van der Waals surface area contributed by atoms with Gasteiger partial charge in [0.05, 0.1) is 24.4 Å². The number of carbonyl (C=O) groups excluding carboxylic acids is 1. The first kappa shape index (κ1) is 20.2. The van der Waals surface area contributed by atoms with E-state index >= 15 is 0 Å². The second-order valence-electron chi connectivity index (χ2n) is 11.7. The van der Waals surface area contributed by atoms with Gasteiger partial charge in [-0.05, 0) is 86.7 Å². The Morgan fingerprint density at radius 3 is 2.61 bits per heavy atom. The van der Waals surface area contributed by atoms with Crippen LogP contribution in [0.2, 0.25) is 0 Å².